The zero-order chi connectivity index (χ0) is 22.6. The van der Waals surface area contributed by atoms with Crippen LogP contribution in [0, 0.1) is 5.82 Å². The van der Waals surface area contributed by atoms with Crippen molar-refractivity contribution in [1.82, 2.24) is 24.7 Å². The predicted octanol–water partition coefficient (Wildman–Crippen LogP) is 3.92. The third-order valence-electron chi connectivity index (χ3n) is 5.67. The van der Waals surface area contributed by atoms with Gasteiger partial charge in [0.25, 0.3) is 0 Å². The topological polar surface area (TPSA) is 104 Å². The van der Waals surface area contributed by atoms with E-state index in [1.807, 2.05) is 18.2 Å². The number of furan rings is 1. The van der Waals surface area contributed by atoms with E-state index in [0.717, 1.165) is 5.56 Å². The van der Waals surface area contributed by atoms with Crippen molar-refractivity contribution >= 4 is 20.9 Å². The van der Waals surface area contributed by atoms with Crippen LogP contribution >= 0.6 is 0 Å². The van der Waals surface area contributed by atoms with E-state index in [2.05, 4.69) is 20.1 Å². The average molecular weight is 461 g/mol. The van der Waals surface area contributed by atoms with Crippen LogP contribution in [0.25, 0.3) is 44.9 Å². The lowest BCUT2D eigenvalue weighted by Gasteiger charge is -2.25. The molecule has 0 unspecified atom stereocenters. The largest absolute Gasteiger partial charge is 0.438 e. The average Bonchev–Trinajstić information content (AvgIpc) is 3.43. The molecule has 0 spiro atoms. The number of pyridine rings is 1. The van der Waals surface area contributed by atoms with Crippen molar-refractivity contribution < 1.29 is 17.2 Å². The predicted molar refractivity (Wildman–Crippen MR) is 119 cm³/mol. The van der Waals surface area contributed by atoms with E-state index in [1.54, 1.807) is 35.4 Å². The van der Waals surface area contributed by atoms with Crippen LogP contribution in [-0.2, 0) is 9.84 Å². The number of aromatic nitrogens is 5. The summed E-state index contributed by atoms with van der Waals surface area (Å²) in [7, 11) is -3.04. The van der Waals surface area contributed by atoms with Gasteiger partial charge in [-0.3, -0.25) is 9.67 Å². The van der Waals surface area contributed by atoms with Crippen LogP contribution in [0.15, 0.2) is 71.8 Å². The van der Waals surface area contributed by atoms with Crippen molar-refractivity contribution in [2.45, 2.75) is 6.04 Å². The van der Waals surface area contributed by atoms with Crippen molar-refractivity contribution in [3.05, 3.63) is 73.2 Å². The number of fused-ring (bicyclic) bond motifs is 1. The summed E-state index contributed by atoms with van der Waals surface area (Å²) in [6.45, 7) is 0. The Morgan fingerprint density at radius 2 is 1.73 bits per heavy atom. The Kier molecular flexibility index (Phi) is 4.37. The van der Waals surface area contributed by atoms with Crippen LogP contribution < -0.4 is 0 Å². The number of benzene rings is 1. The highest BCUT2D eigenvalue weighted by molar-refractivity contribution is 7.92. The second-order valence-corrected chi connectivity index (χ2v) is 10.1. The summed E-state index contributed by atoms with van der Waals surface area (Å²) in [6.07, 6.45) is 6.56. The molecule has 0 bridgehead atoms. The van der Waals surface area contributed by atoms with Crippen LogP contribution in [0.5, 0.6) is 0 Å². The lowest BCUT2D eigenvalue weighted by molar-refractivity contribution is 0.474. The molecule has 0 radical (unpaired) electrons. The van der Waals surface area contributed by atoms with Gasteiger partial charge in [0.15, 0.2) is 9.84 Å². The molecular formula is C23H16FN5O3S. The van der Waals surface area contributed by atoms with E-state index >= 15 is 0 Å². The molecule has 1 aromatic carbocycles. The fraction of sp³-hybridized carbons (Fsp3) is 0.130. The van der Waals surface area contributed by atoms with Crippen molar-refractivity contribution in [3.63, 3.8) is 0 Å². The van der Waals surface area contributed by atoms with Crippen molar-refractivity contribution in [1.29, 1.82) is 0 Å². The molecule has 0 aliphatic carbocycles. The van der Waals surface area contributed by atoms with Gasteiger partial charge in [-0.2, -0.15) is 5.10 Å². The van der Waals surface area contributed by atoms with Crippen molar-refractivity contribution in [2.24, 2.45) is 0 Å². The van der Waals surface area contributed by atoms with Gasteiger partial charge < -0.3 is 4.42 Å². The van der Waals surface area contributed by atoms with Crippen LogP contribution in [0.4, 0.5) is 4.39 Å². The zero-order valence-electron chi connectivity index (χ0n) is 17.1. The summed E-state index contributed by atoms with van der Waals surface area (Å²) in [5.41, 5.74) is 3.80. The first kappa shape index (κ1) is 19.7. The summed E-state index contributed by atoms with van der Waals surface area (Å²) in [5, 5.41) is 5.36. The lowest BCUT2D eigenvalue weighted by Crippen LogP contribution is -2.38. The molecule has 1 aliphatic heterocycles. The first-order chi connectivity index (χ1) is 16.0. The molecule has 0 atom stereocenters. The van der Waals surface area contributed by atoms with E-state index in [9.17, 15) is 12.8 Å². The molecule has 5 aromatic rings. The van der Waals surface area contributed by atoms with Crippen LogP contribution in [0.2, 0.25) is 0 Å². The van der Waals surface area contributed by atoms with Crippen LogP contribution in [0.3, 0.4) is 0 Å². The number of nitrogens with zero attached hydrogens (tertiary/aromatic N) is 5. The van der Waals surface area contributed by atoms with Gasteiger partial charge in [-0.1, -0.05) is 0 Å². The Balaban J connectivity index is 1.53. The Morgan fingerprint density at radius 1 is 0.970 bits per heavy atom. The smallest absolute Gasteiger partial charge is 0.230 e. The Hall–Kier alpha value is -3.92. The maximum Gasteiger partial charge on any atom is 0.230 e. The van der Waals surface area contributed by atoms with Gasteiger partial charge in [0.1, 0.15) is 23.6 Å². The second kappa shape index (κ2) is 7.31. The van der Waals surface area contributed by atoms with E-state index in [0.29, 0.717) is 39.4 Å². The fourth-order valence-corrected chi connectivity index (χ4v) is 5.37. The SMILES string of the molecule is O=S1(=O)CC(n2cc(-c3ncnc4oc(-c5ccncc5)cc34)c(-c3ccc(F)cc3)n2)C1. The van der Waals surface area contributed by atoms with E-state index in [1.165, 1.54) is 18.5 Å². The molecule has 33 heavy (non-hydrogen) atoms. The highest BCUT2D eigenvalue weighted by Crippen LogP contribution is 2.38. The van der Waals surface area contributed by atoms with Gasteiger partial charge in [-0.15, -0.1) is 0 Å². The van der Waals surface area contributed by atoms with Gasteiger partial charge in [0, 0.05) is 35.3 Å². The first-order valence-corrected chi connectivity index (χ1v) is 12.0. The summed E-state index contributed by atoms with van der Waals surface area (Å²) >= 11 is 0. The minimum absolute atomic E-state index is 0.0358. The molecule has 0 amide bonds. The molecule has 0 N–H and O–H groups in total. The van der Waals surface area contributed by atoms with Crippen molar-refractivity contribution in [2.75, 3.05) is 11.5 Å². The van der Waals surface area contributed by atoms with Gasteiger partial charge in [-0.25, -0.2) is 22.8 Å². The zero-order valence-corrected chi connectivity index (χ0v) is 17.9. The molecule has 10 heteroatoms. The van der Waals surface area contributed by atoms with Crippen LogP contribution in [-0.4, -0.2) is 44.7 Å². The van der Waals surface area contributed by atoms with Gasteiger partial charge in [0.2, 0.25) is 5.71 Å². The normalized spacial score (nSPS) is 15.5. The third-order valence-corrected chi connectivity index (χ3v) is 7.45. The Bertz CT molecular complexity index is 1580. The molecule has 164 valence electrons. The maximum atomic E-state index is 13.6. The molecule has 5 heterocycles. The molecule has 1 fully saturated rings. The molecule has 8 nitrogen and oxygen atoms in total. The van der Waals surface area contributed by atoms with Gasteiger partial charge in [0.05, 0.1) is 28.6 Å². The minimum Gasteiger partial charge on any atom is -0.438 e. The van der Waals surface area contributed by atoms with Crippen molar-refractivity contribution in [3.8, 4) is 33.8 Å². The summed E-state index contributed by atoms with van der Waals surface area (Å²) < 4.78 is 44.6. The number of halogens is 1. The van der Waals surface area contributed by atoms with Crippen LogP contribution in [0.1, 0.15) is 6.04 Å². The lowest BCUT2D eigenvalue weighted by atomic mass is 10.0. The summed E-state index contributed by atoms with van der Waals surface area (Å²) in [4.78, 5) is 12.8. The standard InChI is InChI=1S/C23H16FN5O3S/c24-16-3-1-15(2-4-16)21-19(10-29(28-21)17-11-33(30,31)12-17)22-18-9-20(14-5-7-25-8-6-14)32-23(18)27-13-26-22/h1-10,13,17H,11-12H2. The highest BCUT2D eigenvalue weighted by Gasteiger charge is 2.36. The molecule has 4 aromatic heterocycles. The number of sulfone groups is 1. The summed E-state index contributed by atoms with van der Waals surface area (Å²) in [6, 6.07) is 11.3. The molecule has 6 rings (SSSR count). The Labute approximate surface area is 187 Å². The number of hydrogen-bond donors (Lipinski definition) is 0. The molecule has 1 aliphatic rings. The second-order valence-electron chi connectivity index (χ2n) is 7.90. The third kappa shape index (κ3) is 3.48. The number of rotatable bonds is 4. The Morgan fingerprint density at radius 3 is 2.45 bits per heavy atom. The quantitative estimate of drug-likeness (QED) is 0.399. The summed E-state index contributed by atoms with van der Waals surface area (Å²) in [5.74, 6) is 0.336. The fourth-order valence-electron chi connectivity index (χ4n) is 3.99. The molecule has 1 saturated heterocycles. The van der Waals surface area contributed by atoms with Gasteiger partial charge in [-0.05, 0) is 42.5 Å². The van der Waals surface area contributed by atoms with E-state index < -0.39 is 9.84 Å². The van der Waals surface area contributed by atoms with E-state index in [4.69, 9.17) is 4.42 Å². The van der Waals surface area contributed by atoms with Gasteiger partial charge >= 0.3 is 0 Å². The molecular weight excluding hydrogens is 445 g/mol. The maximum absolute atomic E-state index is 13.6. The minimum atomic E-state index is -3.04. The molecule has 0 saturated carbocycles. The van der Waals surface area contributed by atoms with E-state index in [-0.39, 0.29) is 23.4 Å². The number of hydrogen-bond acceptors (Lipinski definition) is 7. The highest BCUT2D eigenvalue weighted by atomic mass is 32.2. The monoisotopic (exact) mass is 461 g/mol. The first-order valence-electron chi connectivity index (χ1n) is 10.2.